The highest BCUT2D eigenvalue weighted by Gasteiger charge is 2.35. The van der Waals surface area contributed by atoms with Crippen molar-refractivity contribution in [1.82, 2.24) is 4.90 Å². The molecular formula is C35H46N4O6S. The van der Waals surface area contributed by atoms with Crippen LogP contribution in [0.4, 0.5) is 0 Å². The molecule has 0 aromatic heterocycles. The van der Waals surface area contributed by atoms with E-state index in [0.29, 0.717) is 62.9 Å². The number of amidine groups is 2. The first kappa shape index (κ1) is 35.0. The number of Topliss-reactive ketones (excluding diaryl/α,β-unsaturated/α-hetero) is 1. The Morgan fingerprint density at radius 3 is 2.54 bits per heavy atom. The molecule has 2 aliphatic rings. The predicted octanol–water partition coefficient (Wildman–Crippen LogP) is 6.09. The molecule has 1 saturated carbocycles. The number of carbonyl (C=O) groups is 2. The van der Waals surface area contributed by atoms with Crippen LogP contribution >= 0.6 is 0 Å². The Hall–Kier alpha value is -3.83. The minimum atomic E-state index is -4.24. The summed E-state index contributed by atoms with van der Waals surface area (Å²) in [6.07, 6.45) is 4.66. The molecule has 0 bridgehead atoms. The number of carbonyl (C=O) groups excluding carboxylic acids is 2. The van der Waals surface area contributed by atoms with Crippen molar-refractivity contribution in [3.8, 4) is 11.1 Å². The third-order valence-electron chi connectivity index (χ3n) is 8.82. The zero-order valence-electron chi connectivity index (χ0n) is 27.3. The summed E-state index contributed by atoms with van der Waals surface area (Å²) >= 11 is 0. The summed E-state index contributed by atoms with van der Waals surface area (Å²) in [5.41, 5.74) is 8.83. The molecule has 0 unspecified atom stereocenters. The van der Waals surface area contributed by atoms with Gasteiger partial charge in [-0.2, -0.15) is 8.42 Å². The number of fused-ring (bicyclic) bond motifs is 1. The first-order valence-electron chi connectivity index (χ1n) is 16.1. The average Bonchev–Trinajstić information content (AvgIpc) is 3.41. The maximum atomic E-state index is 13.7. The zero-order valence-corrected chi connectivity index (χ0v) is 28.1. The lowest BCUT2D eigenvalue weighted by atomic mass is 9.91. The number of ether oxygens (including phenoxy) is 1. The van der Waals surface area contributed by atoms with E-state index in [1.165, 1.54) is 19.9 Å². The van der Waals surface area contributed by atoms with E-state index in [9.17, 15) is 23.1 Å². The van der Waals surface area contributed by atoms with Gasteiger partial charge in [0, 0.05) is 50.0 Å². The molecule has 10 nitrogen and oxygen atoms in total. The van der Waals surface area contributed by atoms with Crippen molar-refractivity contribution < 1.29 is 27.9 Å². The van der Waals surface area contributed by atoms with Crippen molar-refractivity contribution in [1.29, 1.82) is 0 Å². The van der Waals surface area contributed by atoms with Gasteiger partial charge in [-0.3, -0.25) is 19.5 Å². The van der Waals surface area contributed by atoms with Crippen LogP contribution in [-0.2, 0) is 37.5 Å². The minimum absolute atomic E-state index is 0.000338. The van der Waals surface area contributed by atoms with Gasteiger partial charge in [0.1, 0.15) is 17.5 Å². The van der Waals surface area contributed by atoms with Crippen LogP contribution in [0.3, 0.4) is 0 Å². The molecule has 4 rings (SSSR count). The fourth-order valence-electron chi connectivity index (χ4n) is 6.05. The first-order valence-corrected chi connectivity index (χ1v) is 17.5. The van der Waals surface area contributed by atoms with Gasteiger partial charge >= 0.3 is 0 Å². The van der Waals surface area contributed by atoms with Crippen LogP contribution in [0, 0.1) is 11.8 Å². The number of nitrogens with zero attached hydrogens (tertiary/aromatic N) is 3. The summed E-state index contributed by atoms with van der Waals surface area (Å²) in [5.74, 6) is 1.02. The quantitative estimate of drug-likeness (QED) is 0.160. The third-order valence-corrected chi connectivity index (χ3v) is 10.2. The van der Waals surface area contributed by atoms with Gasteiger partial charge in [-0.05, 0) is 68.2 Å². The second-order valence-corrected chi connectivity index (χ2v) is 13.7. The Kier molecular flexibility index (Phi) is 11.9. The van der Waals surface area contributed by atoms with E-state index in [4.69, 9.17) is 15.5 Å². The predicted molar refractivity (Wildman–Crippen MR) is 180 cm³/mol. The Bertz CT molecular complexity index is 1640. The number of benzene rings is 2. The fraction of sp³-hybridized carbons (Fsp3) is 0.486. The van der Waals surface area contributed by atoms with E-state index >= 15 is 0 Å². The summed E-state index contributed by atoms with van der Waals surface area (Å²) in [7, 11) is -4.24. The molecule has 46 heavy (non-hydrogen) atoms. The largest absolute Gasteiger partial charge is 0.512 e. The molecule has 1 aliphatic carbocycles. The van der Waals surface area contributed by atoms with E-state index in [1.54, 1.807) is 23.1 Å². The fourth-order valence-corrected chi connectivity index (χ4v) is 7.25. The van der Waals surface area contributed by atoms with Gasteiger partial charge in [0.25, 0.3) is 10.0 Å². The number of hydrogen-bond acceptors (Lipinski definition) is 7. The molecule has 248 valence electrons. The van der Waals surface area contributed by atoms with Crippen molar-refractivity contribution in [2.45, 2.75) is 90.7 Å². The van der Waals surface area contributed by atoms with E-state index in [-0.39, 0.29) is 52.2 Å². The number of allylic oxidation sites excluding steroid dienone is 1. The first-order chi connectivity index (χ1) is 21.9. The van der Waals surface area contributed by atoms with E-state index < -0.39 is 10.0 Å². The van der Waals surface area contributed by atoms with E-state index in [1.807, 2.05) is 25.1 Å². The summed E-state index contributed by atoms with van der Waals surface area (Å²) in [6.45, 7) is 8.47. The summed E-state index contributed by atoms with van der Waals surface area (Å²) in [4.78, 5) is 32.6. The topological polar surface area (TPSA) is 152 Å². The van der Waals surface area contributed by atoms with Gasteiger partial charge in [0.2, 0.25) is 5.91 Å². The molecule has 2 aromatic rings. The molecular weight excluding hydrogens is 604 g/mol. The summed E-state index contributed by atoms with van der Waals surface area (Å²) < 4.78 is 36.6. The number of aliphatic hydroxyl groups is 1. The number of amides is 1. The molecule has 0 saturated heterocycles. The molecule has 2 atom stereocenters. The van der Waals surface area contributed by atoms with Gasteiger partial charge in [-0.15, -0.1) is 4.40 Å². The van der Waals surface area contributed by atoms with Crippen molar-refractivity contribution in [3.63, 3.8) is 0 Å². The Balaban J connectivity index is 1.73. The number of ketones is 1. The van der Waals surface area contributed by atoms with Crippen LogP contribution in [-0.4, -0.2) is 54.9 Å². The summed E-state index contributed by atoms with van der Waals surface area (Å²) in [5, 5.41) is 9.79. The van der Waals surface area contributed by atoms with Crippen molar-refractivity contribution in [2.75, 3.05) is 13.2 Å². The van der Waals surface area contributed by atoms with Crippen LogP contribution in [0.5, 0.6) is 0 Å². The lowest BCUT2D eigenvalue weighted by Gasteiger charge is -2.25. The van der Waals surface area contributed by atoms with Gasteiger partial charge in [-0.25, -0.2) is 0 Å². The lowest BCUT2D eigenvalue weighted by Crippen LogP contribution is -2.36. The molecule has 1 aliphatic heterocycles. The molecule has 1 fully saturated rings. The van der Waals surface area contributed by atoms with Crippen LogP contribution < -0.4 is 5.73 Å². The van der Waals surface area contributed by atoms with Crippen LogP contribution in [0.25, 0.3) is 11.1 Å². The molecule has 0 spiro atoms. The second kappa shape index (κ2) is 15.6. The molecule has 1 amide bonds. The minimum Gasteiger partial charge on any atom is -0.512 e. The number of sulfonamides is 1. The van der Waals surface area contributed by atoms with E-state index in [2.05, 4.69) is 11.3 Å². The number of aliphatic imine (C=N–C) groups is 1. The average molecular weight is 651 g/mol. The third kappa shape index (κ3) is 8.50. The Morgan fingerprint density at radius 2 is 1.83 bits per heavy atom. The molecule has 11 heteroatoms. The number of aliphatic hydroxyl groups excluding tert-OH is 1. The van der Waals surface area contributed by atoms with Gasteiger partial charge < -0.3 is 15.6 Å². The Morgan fingerprint density at radius 1 is 1.09 bits per heavy atom. The number of hydrogen-bond donors (Lipinski definition) is 2. The highest BCUT2D eigenvalue weighted by Crippen LogP contribution is 2.35. The van der Waals surface area contributed by atoms with Crippen molar-refractivity contribution in [3.05, 3.63) is 64.9 Å². The number of rotatable bonds is 12. The van der Waals surface area contributed by atoms with Crippen molar-refractivity contribution in [2.24, 2.45) is 27.0 Å². The molecule has 1 heterocycles. The zero-order chi connectivity index (χ0) is 33.4. The Labute approximate surface area is 272 Å². The monoisotopic (exact) mass is 650 g/mol. The van der Waals surface area contributed by atoms with Crippen molar-refractivity contribution >= 4 is 33.4 Å². The molecule has 0 radical (unpaired) electrons. The molecule has 2 aromatic carbocycles. The van der Waals surface area contributed by atoms with Crippen LogP contribution in [0.15, 0.2) is 68.1 Å². The van der Waals surface area contributed by atoms with Crippen LogP contribution in [0.2, 0.25) is 0 Å². The highest BCUT2D eigenvalue weighted by atomic mass is 32.2. The molecule has 3 N–H and O–H groups in total. The van der Waals surface area contributed by atoms with Gasteiger partial charge in [0.15, 0.2) is 0 Å². The van der Waals surface area contributed by atoms with E-state index in [0.717, 1.165) is 29.8 Å². The normalized spacial score (nSPS) is 20.0. The maximum Gasteiger partial charge on any atom is 0.284 e. The highest BCUT2D eigenvalue weighted by molar-refractivity contribution is 7.90. The van der Waals surface area contributed by atoms with Gasteiger partial charge in [0.05, 0.1) is 23.8 Å². The van der Waals surface area contributed by atoms with Gasteiger partial charge in [-0.1, -0.05) is 49.7 Å². The number of unbranched alkanes of at least 4 members (excludes halogenated alkanes) is 1. The SMILES string of the molecule is CCCCC1=NC[C@H]2CC(=O)C[C@H]2CCC(=O)N1Cc1ccc(-c2ccccc2S(=O)(=O)/N=C(N)\C(C)=C(\C)O)c(COCC)c1. The standard InChI is InChI=1S/C35H46N4O6S/c1-5-7-12-33-37-20-27-19-29(41)18-26(27)14-16-34(42)39(33)21-25-13-15-30(28(17-25)22-45-6-2)31-10-8-9-11-32(31)46(43,44)38-35(36)23(3)24(4)40/h8-11,13,15,17,26-27,40H,5-7,12,14,16,18-22H2,1-4H3,(H2,36,38)/b24-23-,37-33?/t26-,27-/m1/s1. The van der Waals surface area contributed by atoms with Crippen LogP contribution in [0.1, 0.15) is 83.8 Å². The summed E-state index contributed by atoms with van der Waals surface area (Å²) in [6, 6.07) is 12.3. The lowest BCUT2D eigenvalue weighted by molar-refractivity contribution is -0.128. The second-order valence-electron chi connectivity index (χ2n) is 12.1. The number of nitrogens with two attached hydrogens (primary N) is 1. The maximum absolute atomic E-state index is 13.7. The smallest absolute Gasteiger partial charge is 0.284 e.